The molecule has 0 saturated carbocycles. The van der Waals surface area contributed by atoms with Crippen LogP contribution in [0.3, 0.4) is 0 Å². The summed E-state index contributed by atoms with van der Waals surface area (Å²) < 4.78 is 4.99. The molecule has 0 spiro atoms. The summed E-state index contributed by atoms with van der Waals surface area (Å²) in [6, 6.07) is 6.52. The summed E-state index contributed by atoms with van der Waals surface area (Å²) in [6.07, 6.45) is 1.15. The second-order valence-corrected chi connectivity index (χ2v) is 3.80. The van der Waals surface area contributed by atoms with Crippen molar-refractivity contribution >= 4 is 5.69 Å². The van der Waals surface area contributed by atoms with E-state index in [0.717, 1.165) is 32.7 Å². The van der Waals surface area contributed by atoms with Crippen LogP contribution in [0.2, 0.25) is 0 Å². The Kier molecular flexibility index (Phi) is 3.59. The molecule has 2 rings (SSSR count). The first kappa shape index (κ1) is 10.5. The van der Waals surface area contributed by atoms with E-state index in [1.807, 2.05) is 0 Å². The maximum absolute atomic E-state index is 4.99. The SMILES string of the molecule is COCCNCc1cccc2c1NCC2. The highest BCUT2D eigenvalue weighted by molar-refractivity contribution is 5.61. The van der Waals surface area contributed by atoms with Crippen LogP contribution < -0.4 is 10.6 Å². The molecule has 0 bridgehead atoms. The molecule has 2 N–H and O–H groups in total. The molecule has 1 aromatic carbocycles. The van der Waals surface area contributed by atoms with Gasteiger partial charge in [0.2, 0.25) is 0 Å². The van der Waals surface area contributed by atoms with Crippen LogP contribution in [0, 0.1) is 0 Å². The van der Waals surface area contributed by atoms with Gasteiger partial charge >= 0.3 is 0 Å². The molecular weight excluding hydrogens is 188 g/mol. The van der Waals surface area contributed by atoms with E-state index in [1.165, 1.54) is 16.8 Å². The summed E-state index contributed by atoms with van der Waals surface area (Å²) in [7, 11) is 1.73. The molecule has 0 radical (unpaired) electrons. The van der Waals surface area contributed by atoms with Crippen LogP contribution in [-0.4, -0.2) is 26.8 Å². The van der Waals surface area contributed by atoms with Crippen molar-refractivity contribution in [2.75, 3.05) is 32.1 Å². The topological polar surface area (TPSA) is 33.3 Å². The Hall–Kier alpha value is -1.06. The lowest BCUT2D eigenvalue weighted by molar-refractivity contribution is 0.199. The second-order valence-electron chi connectivity index (χ2n) is 3.80. The van der Waals surface area contributed by atoms with Gasteiger partial charge in [0.1, 0.15) is 0 Å². The van der Waals surface area contributed by atoms with Crippen molar-refractivity contribution in [1.29, 1.82) is 0 Å². The van der Waals surface area contributed by atoms with E-state index in [2.05, 4.69) is 28.8 Å². The van der Waals surface area contributed by atoms with Gasteiger partial charge in [0.25, 0.3) is 0 Å². The fourth-order valence-corrected chi connectivity index (χ4v) is 1.96. The van der Waals surface area contributed by atoms with Gasteiger partial charge < -0.3 is 15.4 Å². The first-order valence-electron chi connectivity index (χ1n) is 5.46. The van der Waals surface area contributed by atoms with Gasteiger partial charge in [0.15, 0.2) is 0 Å². The maximum atomic E-state index is 4.99. The van der Waals surface area contributed by atoms with Gasteiger partial charge in [0.05, 0.1) is 6.61 Å². The zero-order chi connectivity index (χ0) is 10.5. The molecule has 3 nitrogen and oxygen atoms in total. The molecular formula is C12H18N2O. The molecule has 0 atom stereocenters. The predicted octanol–water partition coefficient (Wildman–Crippen LogP) is 1.39. The molecule has 0 aromatic heterocycles. The molecule has 3 heteroatoms. The highest BCUT2D eigenvalue weighted by atomic mass is 16.5. The van der Waals surface area contributed by atoms with Crippen LogP contribution in [0.15, 0.2) is 18.2 Å². The molecule has 1 heterocycles. The Morgan fingerprint density at radius 3 is 3.27 bits per heavy atom. The van der Waals surface area contributed by atoms with Crippen molar-refractivity contribution < 1.29 is 4.74 Å². The summed E-state index contributed by atoms with van der Waals surface area (Å²) >= 11 is 0. The van der Waals surface area contributed by atoms with Gasteiger partial charge in [0, 0.05) is 32.4 Å². The van der Waals surface area contributed by atoms with Crippen LogP contribution in [0.4, 0.5) is 5.69 Å². The quantitative estimate of drug-likeness (QED) is 0.714. The fraction of sp³-hybridized carbons (Fsp3) is 0.500. The molecule has 0 aliphatic carbocycles. The van der Waals surface area contributed by atoms with E-state index >= 15 is 0 Å². The van der Waals surface area contributed by atoms with Gasteiger partial charge in [-0.2, -0.15) is 0 Å². The molecule has 82 valence electrons. The number of hydrogen-bond donors (Lipinski definition) is 2. The van der Waals surface area contributed by atoms with Crippen LogP contribution in [0.5, 0.6) is 0 Å². The minimum Gasteiger partial charge on any atom is -0.384 e. The lowest BCUT2D eigenvalue weighted by Gasteiger charge is -2.09. The first-order valence-corrected chi connectivity index (χ1v) is 5.46. The van der Waals surface area contributed by atoms with E-state index in [4.69, 9.17) is 4.74 Å². The summed E-state index contributed by atoms with van der Waals surface area (Å²) in [4.78, 5) is 0. The average molecular weight is 206 g/mol. The summed E-state index contributed by atoms with van der Waals surface area (Å²) in [5.41, 5.74) is 4.14. The van der Waals surface area contributed by atoms with Crippen molar-refractivity contribution in [3.63, 3.8) is 0 Å². The monoisotopic (exact) mass is 206 g/mol. The van der Waals surface area contributed by atoms with E-state index in [9.17, 15) is 0 Å². The van der Waals surface area contributed by atoms with Crippen LogP contribution in [-0.2, 0) is 17.7 Å². The molecule has 0 fully saturated rings. The lowest BCUT2D eigenvalue weighted by atomic mass is 10.1. The smallest absolute Gasteiger partial charge is 0.0587 e. The Balaban J connectivity index is 1.94. The van der Waals surface area contributed by atoms with Crippen LogP contribution >= 0.6 is 0 Å². The minimum atomic E-state index is 0.766. The zero-order valence-electron chi connectivity index (χ0n) is 9.18. The molecule has 0 saturated heterocycles. The molecule has 1 aliphatic rings. The zero-order valence-corrected chi connectivity index (χ0v) is 9.18. The number of fused-ring (bicyclic) bond motifs is 1. The van der Waals surface area contributed by atoms with E-state index in [0.29, 0.717) is 0 Å². The van der Waals surface area contributed by atoms with Crippen molar-refractivity contribution in [2.45, 2.75) is 13.0 Å². The molecule has 15 heavy (non-hydrogen) atoms. The van der Waals surface area contributed by atoms with Crippen LogP contribution in [0.25, 0.3) is 0 Å². The van der Waals surface area contributed by atoms with Crippen molar-refractivity contribution in [3.05, 3.63) is 29.3 Å². The first-order chi connectivity index (χ1) is 7.42. The highest BCUT2D eigenvalue weighted by Crippen LogP contribution is 2.25. The van der Waals surface area contributed by atoms with Crippen molar-refractivity contribution in [1.82, 2.24) is 5.32 Å². The third kappa shape index (κ3) is 2.49. The average Bonchev–Trinajstić information content (AvgIpc) is 2.73. The van der Waals surface area contributed by atoms with Crippen molar-refractivity contribution in [2.24, 2.45) is 0 Å². The maximum Gasteiger partial charge on any atom is 0.0587 e. The van der Waals surface area contributed by atoms with Crippen molar-refractivity contribution in [3.8, 4) is 0 Å². The molecule has 0 unspecified atom stereocenters. The fourth-order valence-electron chi connectivity index (χ4n) is 1.96. The number of benzene rings is 1. The number of para-hydroxylation sites is 1. The van der Waals surface area contributed by atoms with Gasteiger partial charge in [-0.3, -0.25) is 0 Å². The van der Waals surface area contributed by atoms with E-state index in [1.54, 1.807) is 7.11 Å². The van der Waals surface area contributed by atoms with E-state index < -0.39 is 0 Å². The largest absolute Gasteiger partial charge is 0.384 e. The Labute approximate surface area is 90.8 Å². The van der Waals surface area contributed by atoms with Crippen LogP contribution in [0.1, 0.15) is 11.1 Å². The number of hydrogen-bond acceptors (Lipinski definition) is 3. The summed E-state index contributed by atoms with van der Waals surface area (Å²) in [6.45, 7) is 3.66. The Morgan fingerprint density at radius 1 is 1.47 bits per heavy atom. The summed E-state index contributed by atoms with van der Waals surface area (Å²) in [5.74, 6) is 0. The third-order valence-corrected chi connectivity index (χ3v) is 2.73. The normalized spacial score (nSPS) is 13.7. The van der Waals surface area contributed by atoms with Gasteiger partial charge in [-0.25, -0.2) is 0 Å². The lowest BCUT2D eigenvalue weighted by Crippen LogP contribution is -2.19. The number of ether oxygens (including phenoxy) is 1. The standard InChI is InChI=1S/C12H18N2O/c1-15-8-7-13-9-11-4-2-3-10-5-6-14-12(10)11/h2-4,13-14H,5-9H2,1H3. The van der Waals surface area contributed by atoms with E-state index in [-0.39, 0.29) is 0 Å². The van der Waals surface area contributed by atoms with Gasteiger partial charge in [-0.15, -0.1) is 0 Å². The Bertz CT molecular complexity index is 325. The Morgan fingerprint density at radius 2 is 2.40 bits per heavy atom. The summed E-state index contributed by atoms with van der Waals surface area (Å²) in [5, 5.41) is 6.81. The predicted molar refractivity (Wildman–Crippen MR) is 62.2 cm³/mol. The number of methoxy groups -OCH3 is 1. The minimum absolute atomic E-state index is 0.766. The second kappa shape index (κ2) is 5.14. The van der Waals surface area contributed by atoms with Gasteiger partial charge in [-0.1, -0.05) is 18.2 Å². The molecule has 1 aromatic rings. The highest BCUT2D eigenvalue weighted by Gasteiger charge is 2.12. The third-order valence-electron chi connectivity index (χ3n) is 2.73. The number of rotatable bonds is 5. The van der Waals surface area contributed by atoms with Gasteiger partial charge in [-0.05, 0) is 17.5 Å². The number of nitrogens with one attached hydrogen (secondary N) is 2. The molecule has 1 aliphatic heterocycles. The number of anilines is 1. The molecule has 0 amide bonds.